The molecule has 2 heterocycles. The maximum Gasteiger partial charge on any atom is 0.127 e. The Bertz CT molecular complexity index is 1460. The molecule has 0 amide bonds. The monoisotopic (exact) mass is 845 g/mol. The molecule has 0 aliphatic carbocycles. The number of aromatic hydroxyl groups is 2. The average Bonchev–Trinajstić information content (AvgIpc) is 3.25. The first-order chi connectivity index (χ1) is 29.4. The Labute approximate surface area is 377 Å². The molecule has 0 aromatic heterocycles. The van der Waals surface area contributed by atoms with Crippen LogP contribution in [0.4, 0.5) is 0 Å². The lowest BCUT2D eigenvalue weighted by Gasteiger charge is -2.39. The third kappa shape index (κ3) is 16.0. The Morgan fingerprint density at radius 2 is 0.656 bits per heavy atom. The molecule has 0 fully saturated rings. The van der Waals surface area contributed by atoms with Crippen LogP contribution in [0, 0.1) is 27.7 Å². The van der Waals surface area contributed by atoms with Crippen LogP contribution < -0.4 is 9.47 Å². The predicted octanol–water partition coefficient (Wildman–Crippen LogP) is 17.8. The van der Waals surface area contributed by atoms with E-state index in [1.165, 1.54) is 180 Å². The molecule has 348 valence electrons. The number of rotatable bonds is 32. The van der Waals surface area contributed by atoms with Crippen molar-refractivity contribution in [3.8, 4) is 23.0 Å². The van der Waals surface area contributed by atoms with E-state index in [4.69, 9.17) is 9.47 Å². The second-order valence-electron chi connectivity index (χ2n) is 20.7. The van der Waals surface area contributed by atoms with E-state index in [1.807, 2.05) is 13.8 Å². The van der Waals surface area contributed by atoms with Gasteiger partial charge in [0.2, 0.25) is 0 Å². The van der Waals surface area contributed by atoms with Gasteiger partial charge in [-0.3, -0.25) is 0 Å². The van der Waals surface area contributed by atoms with Crippen molar-refractivity contribution in [2.24, 2.45) is 0 Å². The molecule has 2 atom stereocenters. The first-order valence-corrected chi connectivity index (χ1v) is 26.5. The SMILES string of the molecule is CCCCCCCCCCCCCCCC[C@]1(C)CCc2c(Cc3c(O)c(C)c(C)c4c3CC[C@@](C)(CCCCCCCCCCCCCCCC)O4)c(O)c(C)c(C)c2O1. The van der Waals surface area contributed by atoms with Gasteiger partial charge < -0.3 is 19.7 Å². The van der Waals surface area contributed by atoms with E-state index >= 15 is 0 Å². The van der Waals surface area contributed by atoms with E-state index in [1.54, 1.807) is 0 Å². The Kier molecular flexibility index (Phi) is 22.8. The zero-order valence-corrected chi connectivity index (χ0v) is 41.5. The second-order valence-corrected chi connectivity index (χ2v) is 20.7. The number of benzene rings is 2. The molecule has 4 heteroatoms. The number of unbranched alkanes of at least 4 members (excludes halogenated alkanes) is 26. The Morgan fingerprint density at radius 1 is 0.393 bits per heavy atom. The molecular weight excluding hydrogens is 749 g/mol. The molecule has 4 nitrogen and oxygen atoms in total. The van der Waals surface area contributed by atoms with Gasteiger partial charge in [0, 0.05) is 28.7 Å². The van der Waals surface area contributed by atoms with E-state index in [9.17, 15) is 10.2 Å². The molecule has 0 saturated carbocycles. The van der Waals surface area contributed by atoms with Gasteiger partial charge in [0.1, 0.15) is 34.2 Å². The number of hydrogen-bond donors (Lipinski definition) is 2. The molecule has 2 aromatic rings. The zero-order valence-electron chi connectivity index (χ0n) is 41.5. The summed E-state index contributed by atoms with van der Waals surface area (Å²) in [5.41, 5.74) is 7.61. The van der Waals surface area contributed by atoms with Crippen molar-refractivity contribution in [3.05, 3.63) is 44.5 Å². The van der Waals surface area contributed by atoms with Gasteiger partial charge in [0.15, 0.2) is 0 Å². The minimum atomic E-state index is -0.192. The van der Waals surface area contributed by atoms with E-state index in [0.717, 1.165) is 94.5 Å². The molecule has 2 N–H and O–H groups in total. The summed E-state index contributed by atoms with van der Waals surface area (Å²) in [7, 11) is 0. The van der Waals surface area contributed by atoms with Gasteiger partial charge >= 0.3 is 0 Å². The van der Waals surface area contributed by atoms with Crippen LogP contribution in [0.3, 0.4) is 0 Å². The fraction of sp³-hybridized carbons (Fsp3) is 0.789. The van der Waals surface area contributed by atoms with Gasteiger partial charge in [-0.15, -0.1) is 0 Å². The van der Waals surface area contributed by atoms with E-state index in [0.29, 0.717) is 17.9 Å². The normalized spacial score (nSPS) is 18.5. The number of phenols is 2. The molecule has 2 aliphatic heterocycles. The van der Waals surface area contributed by atoms with Crippen LogP contribution >= 0.6 is 0 Å². The van der Waals surface area contributed by atoms with Crippen LogP contribution in [0.25, 0.3) is 0 Å². The van der Waals surface area contributed by atoms with Crippen molar-refractivity contribution in [1.82, 2.24) is 0 Å². The lowest BCUT2D eigenvalue weighted by molar-refractivity contribution is 0.0519. The van der Waals surface area contributed by atoms with Crippen LogP contribution in [0.5, 0.6) is 23.0 Å². The minimum absolute atomic E-state index is 0.192. The van der Waals surface area contributed by atoms with E-state index in [2.05, 4.69) is 41.5 Å². The van der Waals surface area contributed by atoms with E-state index in [-0.39, 0.29) is 11.2 Å². The van der Waals surface area contributed by atoms with Crippen molar-refractivity contribution in [2.75, 3.05) is 0 Å². The topological polar surface area (TPSA) is 58.9 Å². The van der Waals surface area contributed by atoms with E-state index < -0.39 is 0 Å². The predicted molar refractivity (Wildman–Crippen MR) is 263 cm³/mol. The van der Waals surface area contributed by atoms with Crippen molar-refractivity contribution in [2.45, 2.75) is 291 Å². The Hall–Kier alpha value is -2.36. The number of ether oxygens (including phenoxy) is 2. The van der Waals surface area contributed by atoms with Crippen molar-refractivity contribution < 1.29 is 19.7 Å². The van der Waals surface area contributed by atoms with Crippen molar-refractivity contribution >= 4 is 0 Å². The molecule has 0 saturated heterocycles. The fourth-order valence-corrected chi connectivity index (χ4v) is 10.6. The molecule has 0 radical (unpaired) electrons. The molecular formula is C57H96O4. The van der Waals surface area contributed by atoms with Gasteiger partial charge in [0.05, 0.1) is 0 Å². The molecule has 2 aliphatic rings. The van der Waals surface area contributed by atoms with Crippen LogP contribution in [0.1, 0.15) is 278 Å². The third-order valence-corrected chi connectivity index (χ3v) is 15.3. The Morgan fingerprint density at radius 3 is 0.934 bits per heavy atom. The second kappa shape index (κ2) is 27.1. The highest BCUT2D eigenvalue weighted by Crippen LogP contribution is 2.49. The minimum Gasteiger partial charge on any atom is -0.507 e. The maximum atomic E-state index is 11.8. The number of hydrogen-bond acceptors (Lipinski definition) is 4. The molecule has 0 spiro atoms. The van der Waals surface area contributed by atoms with Crippen molar-refractivity contribution in [1.29, 1.82) is 0 Å². The van der Waals surface area contributed by atoms with Crippen LogP contribution in [0.15, 0.2) is 0 Å². The summed E-state index contributed by atoms with van der Waals surface area (Å²) in [5.74, 6) is 2.67. The molecule has 0 unspecified atom stereocenters. The summed E-state index contributed by atoms with van der Waals surface area (Å²) in [4.78, 5) is 0. The quantitative estimate of drug-likeness (QED) is 0.0720. The summed E-state index contributed by atoms with van der Waals surface area (Å²) in [6.45, 7) is 17.5. The van der Waals surface area contributed by atoms with Crippen LogP contribution in [-0.2, 0) is 19.3 Å². The smallest absolute Gasteiger partial charge is 0.127 e. The highest BCUT2D eigenvalue weighted by Gasteiger charge is 2.38. The largest absolute Gasteiger partial charge is 0.507 e. The number of fused-ring (bicyclic) bond motifs is 2. The first kappa shape index (κ1) is 51.3. The first-order valence-electron chi connectivity index (χ1n) is 26.5. The average molecular weight is 845 g/mol. The summed E-state index contributed by atoms with van der Waals surface area (Å²) >= 11 is 0. The summed E-state index contributed by atoms with van der Waals surface area (Å²) in [6.07, 6.45) is 44.7. The van der Waals surface area contributed by atoms with Crippen LogP contribution in [-0.4, -0.2) is 21.4 Å². The highest BCUT2D eigenvalue weighted by atomic mass is 16.5. The molecule has 4 rings (SSSR count). The highest BCUT2D eigenvalue weighted by molar-refractivity contribution is 5.64. The van der Waals surface area contributed by atoms with Gasteiger partial charge in [-0.05, 0) is 115 Å². The van der Waals surface area contributed by atoms with Gasteiger partial charge in [-0.1, -0.05) is 181 Å². The summed E-state index contributed by atoms with van der Waals surface area (Å²) in [5, 5.41) is 23.5. The standard InChI is InChI=1S/C57H96O4/c1-9-11-13-15-17-19-21-23-25-27-29-31-33-35-39-56(7)41-37-48-50(52(58)44(3)46(5)54(48)60-56)43-51-49-38-42-57(8,61-55(49)47(6)45(4)53(51)59)40-36-34-32-30-28-26-24-22-20-18-16-14-12-10-2/h58-59H,9-43H2,1-8H3/t56-,57-/m1/s1. The molecule has 0 bridgehead atoms. The lowest BCUT2D eigenvalue weighted by Crippen LogP contribution is -2.37. The molecule has 61 heavy (non-hydrogen) atoms. The van der Waals surface area contributed by atoms with Crippen molar-refractivity contribution in [3.63, 3.8) is 0 Å². The third-order valence-electron chi connectivity index (χ3n) is 15.3. The zero-order chi connectivity index (χ0) is 44.1. The van der Waals surface area contributed by atoms with Gasteiger partial charge in [0.25, 0.3) is 0 Å². The molecule has 2 aromatic carbocycles. The fourth-order valence-electron chi connectivity index (χ4n) is 10.6. The van der Waals surface area contributed by atoms with Gasteiger partial charge in [-0.25, -0.2) is 0 Å². The van der Waals surface area contributed by atoms with Gasteiger partial charge in [-0.2, -0.15) is 0 Å². The van der Waals surface area contributed by atoms with Crippen LogP contribution in [0.2, 0.25) is 0 Å². The summed E-state index contributed by atoms with van der Waals surface area (Å²) in [6, 6.07) is 0. The maximum absolute atomic E-state index is 11.8. The number of phenolic OH excluding ortho intramolecular Hbond substituents is 2. The summed E-state index contributed by atoms with van der Waals surface area (Å²) < 4.78 is 14.0. The lowest BCUT2D eigenvalue weighted by atomic mass is 9.80. The Balaban J connectivity index is 1.27.